The predicted molar refractivity (Wildman–Crippen MR) is 103 cm³/mol. The van der Waals surface area contributed by atoms with Crippen LogP contribution in [0.15, 0.2) is 36.5 Å². The number of methoxy groups -OCH3 is 3. The molecule has 0 radical (unpaired) electrons. The van der Waals surface area contributed by atoms with E-state index in [1.165, 1.54) is 0 Å². The lowest BCUT2D eigenvalue weighted by Crippen LogP contribution is -2.32. The molecule has 1 fully saturated rings. The van der Waals surface area contributed by atoms with E-state index in [0.717, 1.165) is 43.8 Å². The van der Waals surface area contributed by atoms with Crippen molar-refractivity contribution >= 4 is 0 Å². The quantitative estimate of drug-likeness (QED) is 0.673. The van der Waals surface area contributed by atoms with Gasteiger partial charge in [-0.3, -0.25) is 9.88 Å². The summed E-state index contributed by atoms with van der Waals surface area (Å²) in [5.41, 5.74) is 2.08. The highest BCUT2D eigenvalue weighted by Gasteiger charge is 2.22. The monoisotopic (exact) mass is 372 g/mol. The lowest BCUT2D eigenvalue weighted by Gasteiger charge is -2.26. The molecule has 146 valence electrons. The SMILES string of the molecule is COc1ccc(CN(Cc2ccccn2)CC2CCCO2)c(OC)c1OC. The van der Waals surface area contributed by atoms with Crippen molar-refractivity contribution in [3.05, 3.63) is 47.8 Å². The van der Waals surface area contributed by atoms with Crippen LogP contribution in [-0.4, -0.2) is 50.5 Å². The minimum absolute atomic E-state index is 0.264. The zero-order chi connectivity index (χ0) is 19.1. The van der Waals surface area contributed by atoms with E-state index in [-0.39, 0.29) is 6.10 Å². The summed E-state index contributed by atoms with van der Waals surface area (Å²) in [4.78, 5) is 6.83. The first-order valence-electron chi connectivity index (χ1n) is 9.26. The van der Waals surface area contributed by atoms with Crippen molar-refractivity contribution in [1.29, 1.82) is 0 Å². The van der Waals surface area contributed by atoms with E-state index in [1.54, 1.807) is 21.3 Å². The van der Waals surface area contributed by atoms with Crippen LogP contribution in [0.1, 0.15) is 24.1 Å². The molecule has 1 aliphatic rings. The molecular formula is C21H28N2O4. The Morgan fingerprint density at radius 2 is 1.89 bits per heavy atom. The van der Waals surface area contributed by atoms with Crippen LogP contribution in [0.2, 0.25) is 0 Å². The maximum Gasteiger partial charge on any atom is 0.203 e. The van der Waals surface area contributed by atoms with Crippen LogP contribution >= 0.6 is 0 Å². The largest absolute Gasteiger partial charge is 0.493 e. The third-order valence-corrected chi connectivity index (χ3v) is 4.78. The van der Waals surface area contributed by atoms with Gasteiger partial charge in [0, 0.05) is 38.0 Å². The van der Waals surface area contributed by atoms with Gasteiger partial charge in [0.2, 0.25) is 5.75 Å². The number of ether oxygens (including phenoxy) is 4. The molecule has 1 atom stereocenters. The van der Waals surface area contributed by atoms with Crippen LogP contribution in [0.5, 0.6) is 17.2 Å². The molecule has 0 saturated carbocycles. The maximum absolute atomic E-state index is 5.86. The van der Waals surface area contributed by atoms with E-state index in [0.29, 0.717) is 23.8 Å². The summed E-state index contributed by atoms with van der Waals surface area (Å²) in [5.74, 6) is 1.98. The molecule has 1 saturated heterocycles. The predicted octanol–water partition coefficient (Wildman–Crippen LogP) is 3.29. The minimum atomic E-state index is 0.264. The van der Waals surface area contributed by atoms with Gasteiger partial charge in [0.05, 0.1) is 33.1 Å². The maximum atomic E-state index is 5.86. The Morgan fingerprint density at radius 1 is 1.04 bits per heavy atom. The third-order valence-electron chi connectivity index (χ3n) is 4.78. The summed E-state index contributed by atoms with van der Waals surface area (Å²) >= 11 is 0. The third kappa shape index (κ3) is 4.90. The van der Waals surface area contributed by atoms with Gasteiger partial charge < -0.3 is 18.9 Å². The highest BCUT2D eigenvalue weighted by molar-refractivity contribution is 5.55. The number of hydrogen-bond donors (Lipinski definition) is 0. The second kappa shape index (κ2) is 9.58. The lowest BCUT2D eigenvalue weighted by atomic mass is 10.1. The highest BCUT2D eigenvalue weighted by Crippen LogP contribution is 2.40. The van der Waals surface area contributed by atoms with Gasteiger partial charge in [-0.1, -0.05) is 12.1 Å². The van der Waals surface area contributed by atoms with E-state index in [4.69, 9.17) is 18.9 Å². The fourth-order valence-electron chi connectivity index (χ4n) is 3.51. The molecule has 27 heavy (non-hydrogen) atoms. The van der Waals surface area contributed by atoms with Crippen molar-refractivity contribution in [3.8, 4) is 17.2 Å². The Kier molecular flexibility index (Phi) is 6.90. The number of nitrogens with zero attached hydrogens (tertiary/aromatic N) is 2. The number of benzene rings is 1. The Labute approximate surface area is 161 Å². The molecule has 1 unspecified atom stereocenters. The van der Waals surface area contributed by atoms with Crippen molar-refractivity contribution in [2.75, 3.05) is 34.5 Å². The Bertz CT molecular complexity index is 718. The summed E-state index contributed by atoms with van der Waals surface area (Å²) in [6.45, 7) is 3.16. The van der Waals surface area contributed by atoms with Crippen LogP contribution in [0.4, 0.5) is 0 Å². The molecule has 1 aromatic heterocycles. The first-order valence-corrected chi connectivity index (χ1v) is 9.26. The highest BCUT2D eigenvalue weighted by atomic mass is 16.5. The van der Waals surface area contributed by atoms with Crippen molar-refractivity contribution in [2.24, 2.45) is 0 Å². The topological polar surface area (TPSA) is 53.1 Å². The average Bonchev–Trinajstić information content (AvgIpc) is 3.21. The molecule has 0 amide bonds. The molecular weight excluding hydrogens is 344 g/mol. The molecule has 0 N–H and O–H groups in total. The van der Waals surface area contributed by atoms with Gasteiger partial charge in [0.25, 0.3) is 0 Å². The normalized spacial score (nSPS) is 16.5. The zero-order valence-electron chi connectivity index (χ0n) is 16.3. The fourth-order valence-corrected chi connectivity index (χ4v) is 3.51. The van der Waals surface area contributed by atoms with E-state index in [1.807, 2.05) is 36.5 Å². The van der Waals surface area contributed by atoms with Gasteiger partial charge in [-0.05, 0) is 31.0 Å². The molecule has 0 bridgehead atoms. The van der Waals surface area contributed by atoms with Crippen LogP contribution in [0.25, 0.3) is 0 Å². The smallest absolute Gasteiger partial charge is 0.203 e. The number of pyridine rings is 1. The van der Waals surface area contributed by atoms with Crippen LogP contribution in [-0.2, 0) is 17.8 Å². The van der Waals surface area contributed by atoms with E-state index < -0.39 is 0 Å². The first-order chi connectivity index (χ1) is 13.2. The molecule has 0 spiro atoms. The Balaban J connectivity index is 1.84. The number of rotatable bonds is 9. The zero-order valence-corrected chi connectivity index (χ0v) is 16.3. The van der Waals surface area contributed by atoms with Crippen LogP contribution in [0.3, 0.4) is 0 Å². The van der Waals surface area contributed by atoms with Gasteiger partial charge in [-0.2, -0.15) is 0 Å². The fraction of sp³-hybridized carbons (Fsp3) is 0.476. The second-order valence-corrected chi connectivity index (χ2v) is 6.62. The minimum Gasteiger partial charge on any atom is -0.493 e. The van der Waals surface area contributed by atoms with Gasteiger partial charge >= 0.3 is 0 Å². The van der Waals surface area contributed by atoms with Gasteiger partial charge in [-0.25, -0.2) is 0 Å². The lowest BCUT2D eigenvalue weighted by molar-refractivity contribution is 0.0671. The van der Waals surface area contributed by atoms with Crippen molar-refractivity contribution in [3.63, 3.8) is 0 Å². The molecule has 1 aromatic carbocycles. The molecule has 1 aliphatic heterocycles. The van der Waals surface area contributed by atoms with E-state index in [2.05, 4.69) is 9.88 Å². The van der Waals surface area contributed by atoms with Gasteiger partial charge in [0.15, 0.2) is 11.5 Å². The van der Waals surface area contributed by atoms with Gasteiger partial charge in [-0.15, -0.1) is 0 Å². The number of aromatic nitrogens is 1. The summed E-state index contributed by atoms with van der Waals surface area (Å²) in [7, 11) is 4.91. The van der Waals surface area contributed by atoms with Crippen molar-refractivity contribution in [1.82, 2.24) is 9.88 Å². The molecule has 2 heterocycles. The molecule has 0 aliphatic carbocycles. The Hall–Kier alpha value is -2.31. The summed E-state index contributed by atoms with van der Waals surface area (Å²) in [6.07, 6.45) is 4.32. The van der Waals surface area contributed by atoms with Crippen molar-refractivity contribution in [2.45, 2.75) is 32.0 Å². The number of hydrogen-bond acceptors (Lipinski definition) is 6. The second-order valence-electron chi connectivity index (χ2n) is 6.62. The summed E-state index contributed by atoms with van der Waals surface area (Å²) < 4.78 is 22.4. The first kappa shape index (κ1) is 19.5. The molecule has 2 aromatic rings. The summed E-state index contributed by atoms with van der Waals surface area (Å²) in [5, 5.41) is 0. The van der Waals surface area contributed by atoms with E-state index >= 15 is 0 Å². The van der Waals surface area contributed by atoms with Gasteiger partial charge in [0.1, 0.15) is 0 Å². The Morgan fingerprint density at radius 3 is 2.52 bits per heavy atom. The van der Waals surface area contributed by atoms with Crippen LogP contribution in [0, 0.1) is 0 Å². The summed E-state index contributed by atoms with van der Waals surface area (Å²) in [6, 6.07) is 9.95. The molecule has 6 nitrogen and oxygen atoms in total. The van der Waals surface area contributed by atoms with E-state index in [9.17, 15) is 0 Å². The van der Waals surface area contributed by atoms with Crippen LogP contribution < -0.4 is 14.2 Å². The standard InChI is InChI=1S/C21H28N2O4/c1-24-19-10-9-16(20(25-2)21(19)26-3)13-23(15-18-8-6-12-27-18)14-17-7-4-5-11-22-17/h4-5,7,9-11,18H,6,8,12-15H2,1-3H3. The molecule has 6 heteroatoms. The average molecular weight is 372 g/mol. The van der Waals surface area contributed by atoms with Crippen molar-refractivity contribution < 1.29 is 18.9 Å². The molecule has 3 rings (SSSR count).